The third kappa shape index (κ3) is 8.55. The highest BCUT2D eigenvalue weighted by atomic mass is 16.4. The number of aliphatic hydroxyl groups is 1. The monoisotopic (exact) mass is 518 g/mol. The molecule has 0 radical (unpaired) electrons. The number of benzene rings is 1. The van der Waals surface area contributed by atoms with Gasteiger partial charge in [0.25, 0.3) is 0 Å². The minimum Gasteiger partial charge on any atom is -0.480 e. The van der Waals surface area contributed by atoms with E-state index in [-0.39, 0.29) is 18.8 Å². The zero-order chi connectivity index (χ0) is 27.5. The number of carboxylic acids is 1. The van der Waals surface area contributed by atoms with Crippen molar-refractivity contribution in [3.05, 3.63) is 36.0 Å². The summed E-state index contributed by atoms with van der Waals surface area (Å²) in [5, 5.41) is 27.3. The lowest BCUT2D eigenvalue weighted by atomic mass is 9.99. The number of carboxylic acid groups (broad SMARTS) is 1. The van der Waals surface area contributed by atoms with E-state index in [0.717, 1.165) is 16.5 Å². The fourth-order valence-corrected chi connectivity index (χ4v) is 3.89. The van der Waals surface area contributed by atoms with Crippen molar-refractivity contribution in [1.29, 1.82) is 0 Å². The van der Waals surface area contributed by atoms with Gasteiger partial charge in [-0.15, -0.1) is 0 Å². The van der Waals surface area contributed by atoms with Crippen LogP contribution in [0, 0.1) is 5.92 Å². The minimum absolute atomic E-state index is 0.0863. The fraction of sp³-hybridized carbons (Fsp3) is 0.520. The van der Waals surface area contributed by atoms with E-state index in [1.54, 1.807) is 20.0 Å². The van der Waals surface area contributed by atoms with Gasteiger partial charge in [-0.1, -0.05) is 32.0 Å². The van der Waals surface area contributed by atoms with Crippen molar-refractivity contribution >= 4 is 34.6 Å². The average Bonchev–Trinajstić information content (AvgIpc) is 3.27. The number of H-pyrrole nitrogens is 1. The number of nitrogens with one attached hydrogen (secondary N) is 4. The van der Waals surface area contributed by atoms with E-state index in [0.29, 0.717) is 19.4 Å². The molecule has 0 saturated heterocycles. The molecule has 4 atom stereocenters. The molecule has 0 aliphatic carbocycles. The maximum Gasteiger partial charge on any atom is 0.326 e. The number of hydrogen-bond donors (Lipinski definition) is 8. The Labute approximate surface area is 215 Å². The zero-order valence-electron chi connectivity index (χ0n) is 21.2. The van der Waals surface area contributed by atoms with Gasteiger partial charge in [0.1, 0.15) is 24.2 Å². The van der Waals surface area contributed by atoms with Crippen LogP contribution in [0.4, 0.5) is 0 Å². The van der Waals surface area contributed by atoms with Crippen LogP contribution in [0.3, 0.4) is 0 Å². The van der Waals surface area contributed by atoms with Crippen LogP contribution in [0.1, 0.15) is 38.7 Å². The predicted molar refractivity (Wildman–Crippen MR) is 138 cm³/mol. The molecule has 12 heteroatoms. The van der Waals surface area contributed by atoms with Crippen molar-refractivity contribution in [2.45, 2.75) is 63.7 Å². The third-order valence-electron chi connectivity index (χ3n) is 6.07. The highest BCUT2D eigenvalue weighted by Crippen LogP contribution is 2.19. The van der Waals surface area contributed by atoms with E-state index >= 15 is 0 Å². The highest BCUT2D eigenvalue weighted by Gasteiger charge is 2.32. The van der Waals surface area contributed by atoms with Crippen LogP contribution in [0.25, 0.3) is 10.9 Å². The number of nitrogens with two attached hydrogens (primary N) is 2. The number of rotatable bonds is 15. The van der Waals surface area contributed by atoms with Crippen LogP contribution in [-0.2, 0) is 25.6 Å². The maximum atomic E-state index is 13.4. The van der Waals surface area contributed by atoms with E-state index in [4.69, 9.17) is 11.5 Å². The Morgan fingerprint density at radius 3 is 2.27 bits per heavy atom. The lowest BCUT2D eigenvalue weighted by Gasteiger charge is -2.27. The molecule has 10 N–H and O–H groups in total. The average molecular weight is 519 g/mol. The van der Waals surface area contributed by atoms with Crippen molar-refractivity contribution in [3.8, 4) is 0 Å². The molecular weight excluding hydrogens is 480 g/mol. The lowest BCUT2D eigenvalue weighted by molar-refractivity contribution is -0.142. The van der Waals surface area contributed by atoms with Gasteiger partial charge in [0.2, 0.25) is 17.7 Å². The number of aliphatic carboxylic acids is 1. The Bertz CT molecular complexity index is 1070. The van der Waals surface area contributed by atoms with Crippen molar-refractivity contribution in [2.24, 2.45) is 17.4 Å². The van der Waals surface area contributed by atoms with Crippen molar-refractivity contribution in [2.75, 3.05) is 13.2 Å². The Balaban J connectivity index is 2.23. The summed E-state index contributed by atoms with van der Waals surface area (Å²) in [4.78, 5) is 53.5. The van der Waals surface area contributed by atoms with Gasteiger partial charge in [-0.3, -0.25) is 14.4 Å². The summed E-state index contributed by atoms with van der Waals surface area (Å²) >= 11 is 0. The van der Waals surface area contributed by atoms with Crippen LogP contribution in [0.15, 0.2) is 30.5 Å². The standard InChI is InChI=1S/C25H38N6O6/c1-14(2)21(24(35)29-19(25(36)37)9-5-6-10-26)31-23(34)20(30-22(33)17(27)13-32)11-15-12-28-18-8-4-3-7-16(15)18/h3-4,7-8,12,14,17,19-21,28,32H,5-6,9-11,13,26-27H2,1-2H3,(H,29,35)(H,30,33)(H,31,34)(H,36,37). The molecule has 0 aliphatic rings. The molecule has 1 heterocycles. The lowest BCUT2D eigenvalue weighted by Crippen LogP contribution is -2.59. The van der Waals surface area contributed by atoms with Crippen LogP contribution in [-0.4, -0.2) is 76.2 Å². The van der Waals surface area contributed by atoms with Gasteiger partial charge in [-0.2, -0.15) is 0 Å². The van der Waals surface area contributed by atoms with Gasteiger partial charge in [0, 0.05) is 23.5 Å². The number of aromatic nitrogens is 1. The first-order chi connectivity index (χ1) is 17.6. The topological polar surface area (TPSA) is 213 Å². The molecule has 3 amide bonds. The Morgan fingerprint density at radius 2 is 1.65 bits per heavy atom. The molecule has 1 aromatic carbocycles. The molecule has 0 spiro atoms. The van der Waals surface area contributed by atoms with E-state index in [9.17, 15) is 29.4 Å². The first kappa shape index (κ1) is 29.7. The molecule has 0 bridgehead atoms. The third-order valence-corrected chi connectivity index (χ3v) is 6.07. The Morgan fingerprint density at radius 1 is 0.973 bits per heavy atom. The number of fused-ring (bicyclic) bond motifs is 1. The quantitative estimate of drug-likeness (QED) is 0.142. The molecule has 0 aliphatic heterocycles. The number of hydrogen-bond acceptors (Lipinski definition) is 7. The van der Waals surface area contributed by atoms with Crippen LogP contribution in [0.5, 0.6) is 0 Å². The van der Waals surface area contributed by atoms with E-state index in [1.807, 2.05) is 24.3 Å². The van der Waals surface area contributed by atoms with Gasteiger partial charge in [-0.25, -0.2) is 4.79 Å². The van der Waals surface area contributed by atoms with Gasteiger partial charge < -0.3 is 42.6 Å². The van der Waals surface area contributed by atoms with Gasteiger partial charge in [-0.05, 0) is 43.4 Å². The predicted octanol–water partition coefficient (Wildman–Crippen LogP) is -0.646. The molecular formula is C25H38N6O6. The molecule has 12 nitrogen and oxygen atoms in total. The van der Waals surface area contributed by atoms with Crippen LogP contribution < -0.4 is 27.4 Å². The smallest absolute Gasteiger partial charge is 0.326 e. The first-order valence-electron chi connectivity index (χ1n) is 12.3. The molecule has 37 heavy (non-hydrogen) atoms. The minimum atomic E-state index is -1.23. The van der Waals surface area contributed by atoms with Crippen LogP contribution >= 0.6 is 0 Å². The summed E-state index contributed by atoms with van der Waals surface area (Å²) < 4.78 is 0. The normalized spacial score (nSPS) is 14.5. The molecule has 4 unspecified atom stereocenters. The molecule has 1 aromatic heterocycles. The Kier molecular flexibility index (Phi) is 11.5. The summed E-state index contributed by atoms with van der Waals surface area (Å²) in [5.41, 5.74) is 12.7. The van der Waals surface area contributed by atoms with Crippen molar-refractivity contribution in [3.63, 3.8) is 0 Å². The first-order valence-corrected chi connectivity index (χ1v) is 12.3. The summed E-state index contributed by atoms with van der Waals surface area (Å²) in [5.74, 6) is -3.58. The number of amides is 3. The van der Waals surface area contributed by atoms with Gasteiger partial charge in [0.15, 0.2) is 0 Å². The summed E-state index contributed by atoms with van der Waals surface area (Å²) in [6, 6.07) is 2.93. The molecule has 204 valence electrons. The fourth-order valence-electron chi connectivity index (χ4n) is 3.89. The molecule has 2 aromatic rings. The number of unbranched alkanes of at least 4 members (excludes halogenated alkanes) is 1. The van der Waals surface area contributed by atoms with Crippen LogP contribution in [0.2, 0.25) is 0 Å². The second kappa shape index (κ2) is 14.3. The number of aromatic amines is 1. The molecule has 2 rings (SSSR count). The zero-order valence-corrected chi connectivity index (χ0v) is 21.2. The van der Waals surface area contributed by atoms with E-state index in [2.05, 4.69) is 20.9 Å². The SMILES string of the molecule is CC(C)C(NC(=O)C(Cc1c[nH]c2ccccc12)NC(=O)C(N)CO)C(=O)NC(CCCCN)C(=O)O. The van der Waals surface area contributed by atoms with Gasteiger partial charge in [0.05, 0.1) is 6.61 Å². The maximum absolute atomic E-state index is 13.4. The largest absolute Gasteiger partial charge is 0.480 e. The second-order valence-electron chi connectivity index (χ2n) is 9.33. The van der Waals surface area contributed by atoms with E-state index < -0.39 is 54.5 Å². The summed E-state index contributed by atoms with van der Waals surface area (Å²) in [6.07, 6.45) is 3.17. The highest BCUT2D eigenvalue weighted by molar-refractivity contribution is 5.95. The van der Waals surface area contributed by atoms with Crippen molar-refractivity contribution < 1.29 is 29.4 Å². The Hall–Kier alpha value is -3.48. The number of para-hydroxylation sites is 1. The number of aliphatic hydroxyl groups excluding tert-OH is 1. The van der Waals surface area contributed by atoms with Crippen molar-refractivity contribution in [1.82, 2.24) is 20.9 Å². The summed E-state index contributed by atoms with van der Waals surface area (Å²) in [6.45, 7) is 3.23. The number of carbonyl (C=O) groups excluding carboxylic acids is 3. The molecule has 0 fully saturated rings. The van der Waals surface area contributed by atoms with E-state index in [1.165, 1.54) is 0 Å². The van der Waals surface area contributed by atoms with Gasteiger partial charge >= 0.3 is 5.97 Å². The molecule has 0 saturated carbocycles. The second-order valence-corrected chi connectivity index (χ2v) is 9.33. The summed E-state index contributed by atoms with van der Waals surface area (Å²) in [7, 11) is 0. The number of carbonyl (C=O) groups is 4.